The maximum atomic E-state index is 12.5. The molecule has 4 rings (SSSR count). The van der Waals surface area contributed by atoms with Crippen LogP contribution in [-0.2, 0) is 9.59 Å². The predicted octanol–water partition coefficient (Wildman–Crippen LogP) is 3.66. The number of likely N-dealkylation sites (N-methyl/N-ethyl adjacent to an activating group) is 1. The molecule has 1 aromatic heterocycles. The summed E-state index contributed by atoms with van der Waals surface area (Å²) in [5.41, 5.74) is 2.84. The summed E-state index contributed by atoms with van der Waals surface area (Å²) in [7, 11) is 0. The summed E-state index contributed by atoms with van der Waals surface area (Å²) in [6.45, 7) is 13.3. The molecule has 2 saturated heterocycles. The zero-order chi connectivity index (χ0) is 23.4. The lowest BCUT2D eigenvalue weighted by atomic mass is 10.00. The molecule has 0 bridgehead atoms. The van der Waals surface area contributed by atoms with Gasteiger partial charge in [-0.3, -0.25) is 9.59 Å². The fraction of sp³-hybridized carbons (Fsp3) is 0.577. The molecule has 0 unspecified atom stereocenters. The first-order valence-corrected chi connectivity index (χ1v) is 12.4. The molecule has 33 heavy (non-hydrogen) atoms. The van der Waals surface area contributed by atoms with E-state index < -0.39 is 0 Å². The van der Waals surface area contributed by atoms with Gasteiger partial charge in [0, 0.05) is 63.2 Å². The number of amides is 2. The average Bonchev–Trinajstić information content (AvgIpc) is 2.83. The van der Waals surface area contributed by atoms with E-state index in [2.05, 4.69) is 42.0 Å². The van der Waals surface area contributed by atoms with Crippen LogP contribution in [-0.4, -0.2) is 72.4 Å². The third kappa shape index (κ3) is 5.82. The van der Waals surface area contributed by atoms with Crippen LogP contribution in [0.2, 0.25) is 0 Å². The summed E-state index contributed by atoms with van der Waals surface area (Å²) in [6.07, 6.45) is 2.71. The number of piperidine rings is 1. The number of carbonyl (C=O) groups excluding carboxylic acids is 2. The molecule has 2 aliphatic heterocycles. The summed E-state index contributed by atoms with van der Waals surface area (Å²) < 4.78 is 0. The smallest absolute Gasteiger partial charge is 0.224 e. The van der Waals surface area contributed by atoms with E-state index in [-0.39, 0.29) is 24.7 Å². The van der Waals surface area contributed by atoms with Gasteiger partial charge >= 0.3 is 0 Å². The van der Waals surface area contributed by atoms with Gasteiger partial charge in [-0.15, -0.1) is 0 Å². The molecule has 2 fully saturated rings. The molecule has 3 heterocycles. The molecule has 0 radical (unpaired) electrons. The van der Waals surface area contributed by atoms with Crippen LogP contribution in [0.5, 0.6) is 0 Å². The molecule has 2 aliphatic rings. The molecule has 0 spiro atoms. The van der Waals surface area contributed by atoms with Crippen molar-refractivity contribution >= 4 is 34.2 Å². The van der Waals surface area contributed by atoms with Gasteiger partial charge in [-0.1, -0.05) is 13.8 Å². The number of hydrogen-bond acceptors (Lipinski definition) is 5. The molecule has 178 valence electrons. The summed E-state index contributed by atoms with van der Waals surface area (Å²) in [6, 6.07) is 8.01. The highest BCUT2D eigenvalue weighted by Crippen LogP contribution is 2.26. The number of likely N-dealkylation sites (tertiary alicyclic amines) is 1. The number of piperazine rings is 1. The molecule has 0 aliphatic carbocycles. The lowest BCUT2D eigenvalue weighted by Crippen LogP contribution is -2.46. The lowest BCUT2D eigenvalue weighted by Gasteiger charge is -2.35. The van der Waals surface area contributed by atoms with Gasteiger partial charge in [0.25, 0.3) is 0 Å². The number of carbonyl (C=O) groups is 2. The molecule has 1 N–H and O–H groups in total. The third-order valence-corrected chi connectivity index (χ3v) is 7.00. The molecule has 0 saturated carbocycles. The largest absolute Gasteiger partial charge is 0.354 e. The van der Waals surface area contributed by atoms with Gasteiger partial charge in [-0.05, 0) is 62.1 Å². The summed E-state index contributed by atoms with van der Waals surface area (Å²) in [4.78, 5) is 36.6. The number of benzene rings is 1. The van der Waals surface area contributed by atoms with Gasteiger partial charge in [0.1, 0.15) is 5.82 Å². The molecule has 1 atom stereocenters. The Morgan fingerprint density at radius 2 is 1.88 bits per heavy atom. The standard InChI is InChI=1S/C26H37N5O2/c1-4-29-12-14-30(15-13-29)24-16-20(3)22-17-21(7-8-23(22)28-24)27-25(32)9-10-26(33)31-11-5-6-19(2)18-31/h7-8,16-17,19H,4-6,9-15,18H2,1-3H3,(H,27,32)/t19-/m0/s1. The Bertz CT molecular complexity index is 1000. The van der Waals surface area contributed by atoms with Crippen molar-refractivity contribution in [2.75, 3.05) is 56.0 Å². The fourth-order valence-corrected chi connectivity index (χ4v) is 4.93. The van der Waals surface area contributed by atoms with Crippen molar-refractivity contribution in [2.45, 2.75) is 46.5 Å². The number of nitrogens with zero attached hydrogens (tertiary/aromatic N) is 4. The highest BCUT2D eigenvalue weighted by atomic mass is 16.2. The van der Waals surface area contributed by atoms with Crippen LogP contribution in [0.15, 0.2) is 24.3 Å². The summed E-state index contributed by atoms with van der Waals surface area (Å²) in [5.74, 6) is 1.54. The van der Waals surface area contributed by atoms with Crippen LogP contribution in [0.25, 0.3) is 10.9 Å². The van der Waals surface area contributed by atoms with Gasteiger partial charge in [0.05, 0.1) is 5.52 Å². The van der Waals surface area contributed by atoms with E-state index in [1.165, 1.54) is 6.42 Å². The van der Waals surface area contributed by atoms with E-state index in [1.807, 2.05) is 23.1 Å². The van der Waals surface area contributed by atoms with E-state index in [0.717, 1.165) is 80.2 Å². The quantitative estimate of drug-likeness (QED) is 0.726. The second kappa shape index (κ2) is 10.5. The Hall–Kier alpha value is -2.67. The van der Waals surface area contributed by atoms with Crippen LogP contribution in [0.1, 0.15) is 45.1 Å². The third-order valence-electron chi connectivity index (χ3n) is 7.00. The monoisotopic (exact) mass is 451 g/mol. The molecular formula is C26H37N5O2. The molecule has 2 amide bonds. The van der Waals surface area contributed by atoms with Crippen LogP contribution >= 0.6 is 0 Å². The van der Waals surface area contributed by atoms with Crippen LogP contribution in [0.3, 0.4) is 0 Å². The number of hydrogen-bond donors (Lipinski definition) is 1. The van der Waals surface area contributed by atoms with Crippen molar-refractivity contribution in [1.82, 2.24) is 14.8 Å². The summed E-state index contributed by atoms with van der Waals surface area (Å²) in [5, 5.41) is 4.01. The minimum atomic E-state index is -0.121. The van der Waals surface area contributed by atoms with Crippen molar-refractivity contribution < 1.29 is 9.59 Å². The average molecular weight is 452 g/mol. The first-order valence-electron chi connectivity index (χ1n) is 12.4. The van der Waals surface area contributed by atoms with Crippen molar-refractivity contribution in [1.29, 1.82) is 0 Å². The van der Waals surface area contributed by atoms with Crippen molar-refractivity contribution in [3.8, 4) is 0 Å². The number of rotatable bonds is 6. The molecule has 7 nitrogen and oxygen atoms in total. The van der Waals surface area contributed by atoms with E-state index >= 15 is 0 Å². The number of aryl methyl sites for hydroxylation is 1. The minimum Gasteiger partial charge on any atom is -0.354 e. The molecular weight excluding hydrogens is 414 g/mol. The van der Waals surface area contributed by atoms with Gasteiger partial charge in [0.2, 0.25) is 11.8 Å². The highest BCUT2D eigenvalue weighted by Gasteiger charge is 2.21. The molecule has 7 heteroatoms. The number of nitrogens with one attached hydrogen (secondary N) is 1. The predicted molar refractivity (Wildman–Crippen MR) is 134 cm³/mol. The first kappa shape index (κ1) is 23.5. The SMILES string of the molecule is CCN1CCN(c2cc(C)c3cc(NC(=O)CCC(=O)N4CCC[C@H](C)C4)ccc3n2)CC1. The maximum Gasteiger partial charge on any atom is 0.224 e. The minimum absolute atomic E-state index is 0.0857. The van der Waals surface area contributed by atoms with Crippen molar-refractivity contribution in [2.24, 2.45) is 5.92 Å². The van der Waals surface area contributed by atoms with Crippen LogP contribution < -0.4 is 10.2 Å². The van der Waals surface area contributed by atoms with Gasteiger partial charge in [-0.2, -0.15) is 0 Å². The number of aromatic nitrogens is 1. The van der Waals surface area contributed by atoms with Crippen LogP contribution in [0, 0.1) is 12.8 Å². The lowest BCUT2D eigenvalue weighted by molar-refractivity contribution is -0.134. The molecule has 1 aromatic carbocycles. The van der Waals surface area contributed by atoms with E-state index in [4.69, 9.17) is 4.98 Å². The number of pyridine rings is 1. The Labute approximate surface area is 197 Å². The van der Waals surface area contributed by atoms with Crippen LogP contribution in [0.4, 0.5) is 11.5 Å². The Balaban J connectivity index is 1.36. The van der Waals surface area contributed by atoms with Crippen molar-refractivity contribution in [3.05, 3.63) is 29.8 Å². The zero-order valence-corrected chi connectivity index (χ0v) is 20.3. The normalized spacial score (nSPS) is 19.7. The topological polar surface area (TPSA) is 68.8 Å². The maximum absolute atomic E-state index is 12.5. The first-order chi connectivity index (χ1) is 15.9. The van der Waals surface area contributed by atoms with Gasteiger partial charge in [-0.25, -0.2) is 4.98 Å². The fourth-order valence-electron chi connectivity index (χ4n) is 4.93. The number of fused-ring (bicyclic) bond motifs is 1. The number of anilines is 2. The van der Waals surface area contributed by atoms with E-state index in [1.54, 1.807) is 0 Å². The second-order valence-corrected chi connectivity index (χ2v) is 9.59. The van der Waals surface area contributed by atoms with Gasteiger partial charge in [0.15, 0.2) is 0 Å². The Kier molecular flexibility index (Phi) is 7.48. The van der Waals surface area contributed by atoms with Crippen molar-refractivity contribution in [3.63, 3.8) is 0 Å². The molecule has 2 aromatic rings. The Morgan fingerprint density at radius 1 is 1.09 bits per heavy atom. The summed E-state index contributed by atoms with van der Waals surface area (Å²) >= 11 is 0. The van der Waals surface area contributed by atoms with Gasteiger partial charge < -0.3 is 20.0 Å². The van der Waals surface area contributed by atoms with E-state index in [0.29, 0.717) is 5.92 Å². The van der Waals surface area contributed by atoms with E-state index in [9.17, 15) is 9.59 Å². The zero-order valence-electron chi connectivity index (χ0n) is 20.3. The second-order valence-electron chi connectivity index (χ2n) is 9.59. The Morgan fingerprint density at radius 3 is 2.61 bits per heavy atom. The highest BCUT2D eigenvalue weighted by molar-refractivity contribution is 5.96.